The van der Waals surface area contributed by atoms with Crippen molar-refractivity contribution in [3.8, 4) is 0 Å². The Labute approximate surface area is 67.7 Å². The summed E-state index contributed by atoms with van der Waals surface area (Å²) in [5.41, 5.74) is 0. The van der Waals surface area contributed by atoms with Crippen LogP contribution >= 0.6 is 0 Å². The van der Waals surface area contributed by atoms with E-state index in [0.717, 1.165) is 0 Å². The third-order valence-corrected chi connectivity index (χ3v) is 0.807. The van der Waals surface area contributed by atoms with E-state index in [9.17, 15) is 26.3 Å². The molecule has 0 amide bonds. The predicted octanol–water partition coefficient (Wildman–Crippen LogP) is 3.00. The molecule has 0 bridgehead atoms. The molecule has 0 fully saturated rings. The normalized spacial score (nSPS) is 15.5. The third kappa shape index (κ3) is 3.36. The second-order valence-electron chi connectivity index (χ2n) is 1.70. The molecule has 0 aliphatic carbocycles. The lowest BCUT2D eigenvalue weighted by Gasteiger charge is -2.02. The molecule has 1 N–H and O–H groups in total. The molecule has 76 valence electrons. The van der Waals surface area contributed by atoms with Crippen molar-refractivity contribution in [2.75, 3.05) is 0 Å². The van der Waals surface area contributed by atoms with Crippen LogP contribution in [0.25, 0.3) is 0 Å². The van der Waals surface area contributed by atoms with Gasteiger partial charge < -0.3 is 4.89 Å². The lowest BCUT2D eigenvalue weighted by atomic mass is 10.4. The summed E-state index contributed by atoms with van der Waals surface area (Å²) in [6.07, 6.45) is -6.05. The van der Waals surface area contributed by atoms with Gasteiger partial charge in [0.15, 0.2) is 12.1 Å². The maximum absolute atomic E-state index is 12.0. The first-order valence-electron chi connectivity index (χ1n) is 2.59. The maximum Gasteiger partial charge on any atom is 0.446 e. The minimum absolute atomic E-state index is 0.430. The van der Waals surface area contributed by atoms with Crippen LogP contribution in [0.4, 0.5) is 26.3 Å². The van der Waals surface area contributed by atoms with Gasteiger partial charge in [0.2, 0.25) is 11.7 Å². The van der Waals surface area contributed by atoms with Gasteiger partial charge >= 0.3 is 6.18 Å². The largest absolute Gasteiger partial charge is 0.446 e. The van der Waals surface area contributed by atoms with Crippen molar-refractivity contribution in [1.29, 1.82) is 0 Å². The van der Waals surface area contributed by atoms with Crippen molar-refractivity contribution >= 4 is 0 Å². The summed E-state index contributed by atoms with van der Waals surface area (Å²) >= 11 is 0. The first-order valence-corrected chi connectivity index (χ1v) is 2.59. The van der Waals surface area contributed by atoms with E-state index < -0.39 is 29.9 Å². The molecule has 13 heavy (non-hydrogen) atoms. The van der Waals surface area contributed by atoms with E-state index in [-0.39, 0.29) is 0 Å². The monoisotopic (exact) mass is 208 g/mol. The van der Waals surface area contributed by atoms with Crippen LogP contribution in [0.5, 0.6) is 0 Å². The van der Waals surface area contributed by atoms with E-state index >= 15 is 0 Å². The average Bonchev–Trinajstić information content (AvgIpc) is 2.00. The maximum atomic E-state index is 12.0. The fourth-order valence-electron chi connectivity index (χ4n) is 0.327. The molecule has 2 nitrogen and oxygen atoms in total. The van der Waals surface area contributed by atoms with Gasteiger partial charge in [-0.2, -0.15) is 17.6 Å². The van der Waals surface area contributed by atoms with Crippen molar-refractivity contribution in [1.82, 2.24) is 0 Å². The lowest BCUT2D eigenvalue weighted by molar-refractivity contribution is -0.188. The Hall–Kier alpha value is -1.18. The molecule has 0 atom stereocenters. The fraction of sp³-hybridized carbons (Fsp3) is 0.200. The van der Waals surface area contributed by atoms with E-state index in [4.69, 9.17) is 5.26 Å². The highest BCUT2D eigenvalue weighted by atomic mass is 19.4. The lowest BCUT2D eigenvalue weighted by Crippen LogP contribution is -2.09. The molecule has 0 saturated carbocycles. The molecular formula is C5H2F6O2. The number of alkyl halides is 3. The molecule has 0 heterocycles. The highest BCUT2D eigenvalue weighted by Crippen LogP contribution is 2.32. The van der Waals surface area contributed by atoms with Crippen molar-refractivity contribution in [3.05, 3.63) is 23.7 Å². The Morgan fingerprint density at radius 1 is 1.15 bits per heavy atom. The van der Waals surface area contributed by atoms with Gasteiger partial charge in [-0.25, -0.2) is 14.0 Å². The topological polar surface area (TPSA) is 29.5 Å². The van der Waals surface area contributed by atoms with Gasteiger partial charge in [0.25, 0.3) is 0 Å². The summed E-state index contributed by atoms with van der Waals surface area (Å²) in [7, 11) is 0. The second kappa shape index (κ2) is 4.17. The summed E-state index contributed by atoms with van der Waals surface area (Å²) < 4.78 is 69.8. The zero-order valence-corrected chi connectivity index (χ0v) is 5.70. The molecule has 0 aromatic carbocycles. The molecule has 0 aliphatic rings. The molecule has 0 saturated heterocycles. The molecule has 0 aromatic heterocycles. The van der Waals surface area contributed by atoms with E-state index in [1.165, 1.54) is 0 Å². The SMILES string of the molecule is OO/C=C(F)/C(F)=C(/F)C(F)(F)F. The van der Waals surface area contributed by atoms with Crippen molar-refractivity contribution < 1.29 is 36.5 Å². The van der Waals surface area contributed by atoms with Crippen molar-refractivity contribution in [2.24, 2.45) is 0 Å². The fourth-order valence-corrected chi connectivity index (χ4v) is 0.327. The zero-order chi connectivity index (χ0) is 10.6. The van der Waals surface area contributed by atoms with Crippen LogP contribution in [0.15, 0.2) is 23.7 Å². The Morgan fingerprint density at radius 2 is 1.62 bits per heavy atom. The number of allylic oxidation sites excluding steroid dienone is 3. The number of hydrogen-bond donors (Lipinski definition) is 1. The first-order chi connectivity index (χ1) is 5.80. The smallest absolute Gasteiger partial charge is 0.345 e. The Morgan fingerprint density at radius 3 is 1.92 bits per heavy atom. The van der Waals surface area contributed by atoms with Gasteiger partial charge in [-0.3, -0.25) is 0 Å². The van der Waals surface area contributed by atoms with Gasteiger partial charge in [0.1, 0.15) is 0 Å². The number of hydrogen-bond acceptors (Lipinski definition) is 2. The molecule has 0 radical (unpaired) electrons. The molecule has 0 aromatic rings. The van der Waals surface area contributed by atoms with Crippen LogP contribution in [0, 0.1) is 0 Å². The van der Waals surface area contributed by atoms with Crippen LogP contribution in [0.2, 0.25) is 0 Å². The summed E-state index contributed by atoms with van der Waals surface area (Å²) in [4.78, 5) is 2.84. The Bertz CT molecular complexity index is 240. The highest BCUT2D eigenvalue weighted by Gasteiger charge is 2.39. The minimum Gasteiger partial charge on any atom is -0.345 e. The van der Waals surface area contributed by atoms with Gasteiger partial charge in [0.05, 0.1) is 0 Å². The standard InChI is InChI=1S/C5H2F6O2/c6-2(1-13-12)3(7)4(8)5(9,10)11/h1,12H/b2-1-,4-3-. The van der Waals surface area contributed by atoms with Crippen LogP contribution in [0.3, 0.4) is 0 Å². The average molecular weight is 208 g/mol. The van der Waals surface area contributed by atoms with E-state index in [1.54, 1.807) is 0 Å². The van der Waals surface area contributed by atoms with Gasteiger partial charge in [-0.15, -0.1) is 0 Å². The molecular weight excluding hydrogens is 206 g/mol. The summed E-state index contributed by atoms with van der Waals surface area (Å²) in [5.74, 6) is -8.34. The number of rotatable bonds is 2. The van der Waals surface area contributed by atoms with Crippen LogP contribution in [-0.4, -0.2) is 11.4 Å². The number of halogens is 6. The van der Waals surface area contributed by atoms with E-state index in [2.05, 4.69) is 4.89 Å². The minimum atomic E-state index is -5.62. The van der Waals surface area contributed by atoms with Crippen LogP contribution < -0.4 is 0 Å². The first kappa shape index (κ1) is 11.8. The molecule has 0 spiro atoms. The van der Waals surface area contributed by atoms with E-state index in [1.807, 2.05) is 0 Å². The second-order valence-corrected chi connectivity index (χ2v) is 1.70. The summed E-state index contributed by atoms with van der Waals surface area (Å²) in [5, 5.41) is 7.46. The van der Waals surface area contributed by atoms with Crippen LogP contribution in [-0.2, 0) is 4.89 Å². The van der Waals surface area contributed by atoms with Crippen molar-refractivity contribution in [3.63, 3.8) is 0 Å². The quantitative estimate of drug-likeness (QED) is 0.248. The molecule has 0 rings (SSSR count). The van der Waals surface area contributed by atoms with Gasteiger partial charge in [0, 0.05) is 0 Å². The molecule has 0 aliphatic heterocycles. The molecule has 8 heteroatoms. The Kier molecular flexibility index (Phi) is 3.79. The van der Waals surface area contributed by atoms with Crippen LogP contribution in [0.1, 0.15) is 0 Å². The highest BCUT2D eigenvalue weighted by molar-refractivity contribution is 5.22. The molecule has 0 unspecified atom stereocenters. The van der Waals surface area contributed by atoms with E-state index in [0.29, 0.717) is 0 Å². The van der Waals surface area contributed by atoms with Crippen molar-refractivity contribution in [2.45, 2.75) is 6.18 Å². The predicted molar refractivity (Wildman–Crippen MR) is 28.2 cm³/mol. The van der Waals surface area contributed by atoms with Gasteiger partial charge in [-0.05, 0) is 0 Å². The third-order valence-electron chi connectivity index (χ3n) is 0.807. The Balaban J connectivity index is 4.93. The summed E-state index contributed by atoms with van der Waals surface area (Å²) in [6.45, 7) is 0. The summed E-state index contributed by atoms with van der Waals surface area (Å²) in [6, 6.07) is 0. The zero-order valence-electron chi connectivity index (χ0n) is 5.70. The van der Waals surface area contributed by atoms with Gasteiger partial charge in [-0.1, -0.05) is 0 Å².